The Morgan fingerprint density at radius 2 is 2.07 bits per heavy atom. The number of carbonyl (C=O) groups is 1. The zero-order valence-corrected chi connectivity index (χ0v) is 17.7. The van der Waals surface area contributed by atoms with E-state index in [1.54, 1.807) is 18.5 Å². The van der Waals surface area contributed by atoms with Crippen molar-refractivity contribution in [2.75, 3.05) is 32.1 Å². The van der Waals surface area contributed by atoms with Crippen LogP contribution in [0.3, 0.4) is 0 Å². The maximum atomic E-state index is 12.1. The van der Waals surface area contributed by atoms with Crippen molar-refractivity contribution in [2.45, 2.75) is 45.1 Å². The molecule has 1 aliphatic heterocycles. The molecule has 152 valence electrons. The number of amides is 1. The number of nitrogens with one attached hydrogen (secondary N) is 1. The van der Waals surface area contributed by atoms with E-state index < -0.39 is 0 Å². The smallest absolute Gasteiger partial charge is 0.252 e. The number of hydrogen-bond donors (Lipinski definition) is 1. The molecule has 0 atom stereocenters. The third-order valence-electron chi connectivity index (χ3n) is 4.54. The third kappa shape index (κ3) is 5.98. The highest BCUT2D eigenvalue weighted by Crippen LogP contribution is 2.24. The van der Waals surface area contributed by atoms with Gasteiger partial charge in [-0.25, -0.2) is 9.97 Å². The predicted octanol–water partition coefficient (Wildman–Crippen LogP) is 3.65. The topological polar surface area (TPSA) is 80.5 Å². The molecule has 0 unspecified atom stereocenters. The van der Waals surface area contributed by atoms with E-state index in [2.05, 4.69) is 48.0 Å². The predicted molar refractivity (Wildman–Crippen MR) is 111 cm³/mol. The Balaban J connectivity index is 1.47. The summed E-state index contributed by atoms with van der Waals surface area (Å²) >= 11 is 1.39. The standard InChI is InChI=1S/C20H28N4O3S/c1-20(2,3)16-12-21-18(27-16)6-5-15-11-22-19(28-15)23-17(25)13-26-14-7-9-24(4)10-8-14/h5-6,11-12,14H,7-10,13H2,1-4H3,(H,22,23,25). The van der Waals surface area contributed by atoms with Gasteiger partial charge in [-0.05, 0) is 26.0 Å². The van der Waals surface area contributed by atoms with Gasteiger partial charge in [0.2, 0.25) is 5.89 Å². The summed E-state index contributed by atoms with van der Waals surface area (Å²) < 4.78 is 11.4. The number of anilines is 1. The summed E-state index contributed by atoms with van der Waals surface area (Å²) in [6.07, 6.45) is 9.24. The molecule has 0 radical (unpaired) electrons. The molecular weight excluding hydrogens is 376 g/mol. The average molecular weight is 405 g/mol. The molecule has 1 N–H and O–H groups in total. The van der Waals surface area contributed by atoms with Crippen molar-refractivity contribution in [1.29, 1.82) is 0 Å². The van der Waals surface area contributed by atoms with Gasteiger partial charge in [-0.2, -0.15) is 0 Å². The summed E-state index contributed by atoms with van der Waals surface area (Å²) in [6.45, 7) is 8.32. The Morgan fingerprint density at radius 1 is 1.32 bits per heavy atom. The van der Waals surface area contributed by atoms with Crippen LogP contribution in [0.15, 0.2) is 16.8 Å². The Labute approximate surface area is 169 Å². The van der Waals surface area contributed by atoms with Crippen LogP contribution in [0.1, 0.15) is 50.1 Å². The van der Waals surface area contributed by atoms with Gasteiger partial charge in [0.05, 0.1) is 12.3 Å². The van der Waals surface area contributed by atoms with Crippen molar-refractivity contribution >= 4 is 34.5 Å². The average Bonchev–Trinajstić information content (AvgIpc) is 3.28. The molecule has 1 saturated heterocycles. The number of hydrogen-bond acceptors (Lipinski definition) is 7. The highest BCUT2D eigenvalue weighted by atomic mass is 32.1. The second-order valence-corrected chi connectivity index (χ2v) is 9.14. The fourth-order valence-corrected chi connectivity index (χ4v) is 3.52. The number of aromatic nitrogens is 2. The molecule has 2 aromatic rings. The fraction of sp³-hybridized carbons (Fsp3) is 0.550. The van der Waals surface area contributed by atoms with Gasteiger partial charge in [0, 0.05) is 35.7 Å². The number of likely N-dealkylation sites (tertiary alicyclic amines) is 1. The van der Waals surface area contributed by atoms with Crippen molar-refractivity contribution in [3.8, 4) is 0 Å². The molecule has 1 aliphatic rings. The van der Waals surface area contributed by atoms with E-state index >= 15 is 0 Å². The zero-order chi connectivity index (χ0) is 20.1. The first-order valence-corrected chi connectivity index (χ1v) is 10.3. The van der Waals surface area contributed by atoms with E-state index in [0.717, 1.165) is 36.6 Å². The molecule has 7 nitrogen and oxygen atoms in total. The molecule has 0 bridgehead atoms. The minimum atomic E-state index is -0.175. The summed E-state index contributed by atoms with van der Waals surface area (Å²) in [6, 6.07) is 0. The first kappa shape index (κ1) is 20.7. The van der Waals surface area contributed by atoms with Crippen LogP contribution in [0.4, 0.5) is 5.13 Å². The molecule has 0 saturated carbocycles. The van der Waals surface area contributed by atoms with Crippen molar-refractivity contribution in [3.05, 3.63) is 28.9 Å². The molecule has 0 spiro atoms. The maximum absolute atomic E-state index is 12.1. The van der Waals surface area contributed by atoms with E-state index in [1.165, 1.54) is 11.3 Å². The van der Waals surface area contributed by atoms with Crippen molar-refractivity contribution in [3.63, 3.8) is 0 Å². The molecule has 0 aliphatic carbocycles. The molecular formula is C20H28N4O3S. The minimum absolute atomic E-state index is 0.0605. The molecule has 0 aromatic carbocycles. The molecule has 1 amide bonds. The summed E-state index contributed by atoms with van der Waals surface area (Å²) in [5.41, 5.74) is -0.0728. The Morgan fingerprint density at radius 3 is 2.75 bits per heavy atom. The SMILES string of the molecule is CN1CCC(OCC(=O)Nc2ncc(C=Cc3ncc(C(C)(C)C)o3)s2)CC1. The van der Waals surface area contributed by atoms with Crippen LogP contribution in [0, 0.1) is 0 Å². The van der Waals surface area contributed by atoms with E-state index in [4.69, 9.17) is 9.15 Å². The molecule has 3 rings (SSSR count). The van der Waals surface area contributed by atoms with Crippen LogP contribution in [-0.2, 0) is 14.9 Å². The Kier molecular flexibility index (Phi) is 6.64. The molecule has 28 heavy (non-hydrogen) atoms. The van der Waals surface area contributed by atoms with E-state index in [0.29, 0.717) is 11.0 Å². The number of rotatable bonds is 6. The molecule has 1 fully saturated rings. The van der Waals surface area contributed by atoms with Crippen molar-refractivity contribution < 1.29 is 13.9 Å². The number of piperidine rings is 1. The summed E-state index contributed by atoms with van der Waals surface area (Å²) in [5.74, 6) is 1.22. The Bertz CT molecular complexity index is 814. The van der Waals surface area contributed by atoms with Crippen LogP contribution in [0.5, 0.6) is 0 Å². The highest BCUT2D eigenvalue weighted by molar-refractivity contribution is 7.16. The van der Waals surface area contributed by atoms with Gasteiger partial charge in [-0.15, -0.1) is 0 Å². The summed E-state index contributed by atoms with van der Waals surface area (Å²) in [4.78, 5) is 23.8. The van der Waals surface area contributed by atoms with Crippen LogP contribution in [0.2, 0.25) is 0 Å². The lowest BCUT2D eigenvalue weighted by Gasteiger charge is -2.28. The lowest BCUT2D eigenvalue weighted by molar-refractivity contribution is -0.123. The lowest BCUT2D eigenvalue weighted by atomic mass is 9.94. The maximum Gasteiger partial charge on any atom is 0.252 e. The quantitative estimate of drug-likeness (QED) is 0.792. The van der Waals surface area contributed by atoms with Gasteiger partial charge in [-0.3, -0.25) is 10.1 Å². The number of ether oxygens (including phenoxy) is 1. The Hall–Kier alpha value is -2.03. The van der Waals surface area contributed by atoms with Crippen LogP contribution in [-0.4, -0.2) is 53.6 Å². The normalized spacial score (nSPS) is 16.7. The lowest BCUT2D eigenvalue weighted by Crippen LogP contribution is -2.35. The molecule has 3 heterocycles. The van der Waals surface area contributed by atoms with E-state index in [9.17, 15) is 4.79 Å². The number of thiazole rings is 1. The number of carbonyl (C=O) groups excluding carboxylic acids is 1. The number of oxazole rings is 1. The highest BCUT2D eigenvalue weighted by Gasteiger charge is 2.19. The van der Waals surface area contributed by atoms with Crippen LogP contribution in [0.25, 0.3) is 12.2 Å². The van der Waals surface area contributed by atoms with Gasteiger partial charge in [0.1, 0.15) is 12.4 Å². The largest absolute Gasteiger partial charge is 0.441 e. The monoisotopic (exact) mass is 404 g/mol. The summed E-state index contributed by atoms with van der Waals surface area (Å²) in [7, 11) is 2.10. The third-order valence-corrected chi connectivity index (χ3v) is 5.42. The second kappa shape index (κ2) is 8.98. The van der Waals surface area contributed by atoms with Crippen molar-refractivity contribution in [2.24, 2.45) is 0 Å². The molecule has 8 heteroatoms. The molecule has 2 aromatic heterocycles. The van der Waals surface area contributed by atoms with Crippen LogP contribution >= 0.6 is 11.3 Å². The van der Waals surface area contributed by atoms with Gasteiger partial charge in [0.15, 0.2) is 5.13 Å². The zero-order valence-electron chi connectivity index (χ0n) is 16.9. The number of nitrogens with zero attached hydrogens (tertiary/aromatic N) is 3. The van der Waals surface area contributed by atoms with Crippen molar-refractivity contribution in [1.82, 2.24) is 14.9 Å². The minimum Gasteiger partial charge on any atom is -0.441 e. The van der Waals surface area contributed by atoms with Gasteiger partial charge in [-0.1, -0.05) is 32.1 Å². The fourth-order valence-electron chi connectivity index (χ4n) is 2.79. The van der Waals surface area contributed by atoms with E-state index in [1.807, 2.05) is 6.08 Å². The van der Waals surface area contributed by atoms with Gasteiger partial charge < -0.3 is 14.1 Å². The second-order valence-electron chi connectivity index (χ2n) is 8.08. The summed E-state index contributed by atoms with van der Waals surface area (Å²) in [5, 5.41) is 3.35. The van der Waals surface area contributed by atoms with Gasteiger partial charge in [0.25, 0.3) is 5.91 Å². The van der Waals surface area contributed by atoms with Gasteiger partial charge >= 0.3 is 0 Å². The first-order chi connectivity index (χ1) is 13.3. The van der Waals surface area contributed by atoms with E-state index in [-0.39, 0.29) is 24.0 Å². The first-order valence-electron chi connectivity index (χ1n) is 9.50. The van der Waals surface area contributed by atoms with Crippen LogP contribution < -0.4 is 5.32 Å².